The third-order valence-electron chi connectivity index (χ3n) is 6.22. The van der Waals surface area contributed by atoms with Gasteiger partial charge in [0.05, 0.1) is 11.0 Å². The van der Waals surface area contributed by atoms with Crippen LogP contribution in [0.2, 0.25) is 0 Å². The minimum atomic E-state index is 1.15. The van der Waals surface area contributed by atoms with Gasteiger partial charge in [0, 0.05) is 41.1 Å². The number of aromatic nitrogens is 1. The zero-order chi connectivity index (χ0) is 20.5. The molecule has 3 heteroatoms. The van der Waals surface area contributed by atoms with E-state index in [1.54, 1.807) is 0 Å². The van der Waals surface area contributed by atoms with Crippen molar-refractivity contribution in [3.05, 3.63) is 102 Å². The summed E-state index contributed by atoms with van der Waals surface area (Å²) in [5.41, 5.74) is 3.70. The average Bonchev–Trinajstić information content (AvgIpc) is 3.34. The predicted octanol–water partition coefficient (Wildman–Crippen LogP) is 9.07. The summed E-state index contributed by atoms with van der Waals surface area (Å²) >= 11 is 5.78. The van der Waals surface area contributed by atoms with Crippen molar-refractivity contribution in [2.24, 2.45) is 0 Å². The normalized spacial score (nSPS) is 12.0. The van der Waals surface area contributed by atoms with Crippen molar-refractivity contribution >= 4 is 80.0 Å². The first-order valence-corrected chi connectivity index (χ1v) is 11.9. The van der Waals surface area contributed by atoms with Crippen LogP contribution in [0.25, 0.3) is 58.4 Å². The summed E-state index contributed by atoms with van der Waals surface area (Å²) in [4.78, 5) is 0. The van der Waals surface area contributed by atoms with Gasteiger partial charge in [0.15, 0.2) is 0 Å². The van der Waals surface area contributed by atoms with Gasteiger partial charge in [-0.15, -0.1) is 11.3 Å². The molecule has 1 nitrogen and oxygen atoms in total. The van der Waals surface area contributed by atoms with Crippen LogP contribution < -0.4 is 0 Å². The summed E-state index contributed by atoms with van der Waals surface area (Å²) in [6.45, 7) is 0. The van der Waals surface area contributed by atoms with Gasteiger partial charge in [-0.3, -0.25) is 0 Å². The second kappa shape index (κ2) is 6.43. The van der Waals surface area contributed by atoms with Crippen LogP contribution in [-0.2, 0) is 0 Å². The Kier molecular flexibility index (Phi) is 3.64. The van der Waals surface area contributed by atoms with Crippen LogP contribution in [0.15, 0.2) is 102 Å². The van der Waals surface area contributed by atoms with E-state index in [0.29, 0.717) is 0 Å². The van der Waals surface area contributed by atoms with Gasteiger partial charge in [0.25, 0.3) is 0 Å². The lowest BCUT2D eigenvalue weighted by molar-refractivity contribution is 1.19. The molecule has 0 saturated carbocycles. The van der Waals surface area contributed by atoms with Crippen LogP contribution in [0.3, 0.4) is 0 Å². The summed E-state index contributed by atoms with van der Waals surface area (Å²) in [6, 6.07) is 35.1. The van der Waals surface area contributed by atoms with Crippen LogP contribution in [0.5, 0.6) is 0 Å². The maximum atomic E-state index is 3.92. The number of benzene rings is 5. The van der Waals surface area contributed by atoms with Gasteiger partial charge in [0.1, 0.15) is 0 Å². The maximum Gasteiger partial charge on any atom is 0.0645 e. The number of para-hydroxylation sites is 1. The number of rotatable bonds is 1. The number of hydrogen-bond donors (Lipinski definition) is 0. The first-order valence-electron chi connectivity index (χ1n) is 10.3. The number of hydrogen-bond acceptors (Lipinski definition) is 1. The predicted molar refractivity (Wildman–Crippen MR) is 139 cm³/mol. The smallest absolute Gasteiger partial charge is 0.0645 e. The fourth-order valence-corrected chi connectivity index (χ4v) is 6.83. The molecule has 0 spiro atoms. The lowest BCUT2D eigenvalue weighted by atomic mass is 10.1. The molecule has 0 unspecified atom stereocenters. The second-order valence-corrected chi connectivity index (χ2v) is 9.88. The molecule has 2 aromatic heterocycles. The third-order valence-corrected chi connectivity index (χ3v) is 7.97. The summed E-state index contributed by atoms with van der Waals surface area (Å²) in [5.74, 6) is 0. The summed E-state index contributed by atoms with van der Waals surface area (Å²) in [7, 11) is 0. The molecule has 0 aliphatic carbocycles. The van der Waals surface area contributed by atoms with E-state index in [1.807, 2.05) is 11.3 Å². The van der Waals surface area contributed by atoms with E-state index in [9.17, 15) is 0 Å². The molecule has 7 aromatic rings. The fourth-order valence-electron chi connectivity index (χ4n) is 4.90. The van der Waals surface area contributed by atoms with Crippen molar-refractivity contribution in [2.45, 2.75) is 0 Å². The molecule has 5 aromatic carbocycles. The molecule has 146 valence electrons. The first kappa shape index (κ1) is 17.5. The van der Waals surface area contributed by atoms with Gasteiger partial charge >= 0.3 is 0 Å². The van der Waals surface area contributed by atoms with Crippen molar-refractivity contribution in [3.8, 4) is 5.69 Å². The molecule has 0 bridgehead atoms. The Morgan fingerprint density at radius 1 is 0.613 bits per heavy atom. The standard InChI is InChI=1S/C28H16BrNS/c29-22-16-25-27(21-10-4-6-12-24(21)31-25)28-26(22)20-9-3-5-11-23(20)30(28)19-14-13-17-7-1-2-8-18(17)15-19/h1-16H. The largest absolute Gasteiger partial charge is 0.309 e. The van der Waals surface area contributed by atoms with Crippen molar-refractivity contribution in [1.82, 2.24) is 4.57 Å². The molecule has 31 heavy (non-hydrogen) atoms. The Morgan fingerprint density at radius 2 is 1.35 bits per heavy atom. The van der Waals surface area contributed by atoms with Crippen LogP contribution >= 0.6 is 27.3 Å². The van der Waals surface area contributed by atoms with Crippen molar-refractivity contribution < 1.29 is 0 Å². The Bertz CT molecular complexity index is 1810. The molecule has 0 radical (unpaired) electrons. The quantitative estimate of drug-likeness (QED) is 0.222. The number of nitrogens with zero attached hydrogens (tertiary/aromatic N) is 1. The highest BCUT2D eigenvalue weighted by Gasteiger charge is 2.20. The van der Waals surface area contributed by atoms with Crippen molar-refractivity contribution in [1.29, 1.82) is 0 Å². The molecule has 2 heterocycles. The van der Waals surface area contributed by atoms with E-state index in [2.05, 4.69) is 118 Å². The van der Waals surface area contributed by atoms with Gasteiger partial charge in [-0.2, -0.15) is 0 Å². The molecule has 0 N–H and O–H groups in total. The summed E-state index contributed by atoms with van der Waals surface area (Å²) in [6.07, 6.45) is 0. The molecule has 0 amide bonds. The maximum absolute atomic E-state index is 3.92. The van der Waals surface area contributed by atoms with Gasteiger partial charge < -0.3 is 4.57 Å². The molecular weight excluding hydrogens is 462 g/mol. The molecule has 7 rings (SSSR count). The SMILES string of the molecule is Brc1cc2sc3ccccc3c2c2c1c1ccccc1n2-c1ccc2ccccc2c1. The summed E-state index contributed by atoms with van der Waals surface area (Å²) in [5, 5.41) is 7.73. The van der Waals surface area contributed by atoms with E-state index >= 15 is 0 Å². The van der Waals surface area contributed by atoms with Gasteiger partial charge in [0.2, 0.25) is 0 Å². The van der Waals surface area contributed by atoms with Crippen LogP contribution in [0.4, 0.5) is 0 Å². The second-order valence-electron chi connectivity index (χ2n) is 7.94. The Hall–Kier alpha value is -3.14. The number of fused-ring (bicyclic) bond motifs is 8. The molecule has 0 aliphatic rings. The fraction of sp³-hybridized carbons (Fsp3) is 0. The van der Waals surface area contributed by atoms with Gasteiger partial charge in [-0.25, -0.2) is 0 Å². The first-order chi connectivity index (χ1) is 15.3. The highest BCUT2D eigenvalue weighted by molar-refractivity contribution is 9.10. The summed E-state index contributed by atoms with van der Waals surface area (Å²) < 4.78 is 6.23. The Balaban J connectivity index is 1.76. The molecule has 0 fully saturated rings. The van der Waals surface area contributed by atoms with E-state index in [0.717, 1.165) is 4.47 Å². The highest BCUT2D eigenvalue weighted by atomic mass is 79.9. The topological polar surface area (TPSA) is 4.93 Å². The Labute approximate surface area is 191 Å². The van der Waals surface area contributed by atoms with Crippen LogP contribution in [0.1, 0.15) is 0 Å². The minimum Gasteiger partial charge on any atom is -0.309 e. The van der Waals surface area contributed by atoms with E-state index < -0.39 is 0 Å². The van der Waals surface area contributed by atoms with E-state index in [-0.39, 0.29) is 0 Å². The number of halogens is 1. The molecule has 0 aliphatic heterocycles. The lowest BCUT2D eigenvalue weighted by Gasteiger charge is -2.11. The monoisotopic (exact) mass is 477 g/mol. The third kappa shape index (κ3) is 2.42. The average molecular weight is 478 g/mol. The van der Waals surface area contributed by atoms with Gasteiger partial charge in [-0.05, 0) is 41.1 Å². The highest BCUT2D eigenvalue weighted by Crippen LogP contribution is 2.46. The van der Waals surface area contributed by atoms with E-state index in [1.165, 1.54) is 58.4 Å². The van der Waals surface area contributed by atoms with Crippen molar-refractivity contribution in [3.63, 3.8) is 0 Å². The van der Waals surface area contributed by atoms with Gasteiger partial charge in [-0.1, -0.05) is 82.7 Å². The molecular formula is C28H16BrNS. The van der Waals surface area contributed by atoms with Crippen LogP contribution in [-0.4, -0.2) is 4.57 Å². The molecule has 0 saturated heterocycles. The van der Waals surface area contributed by atoms with Crippen molar-refractivity contribution in [2.75, 3.05) is 0 Å². The zero-order valence-corrected chi connectivity index (χ0v) is 18.9. The zero-order valence-electron chi connectivity index (χ0n) is 16.5. The minimum absolute atomic E-state index is 1.15. The molecule has 0 atom stereocenters. The number of thiophene rings is 1. The van der Waals surface area contributed by atoms with Crippen LogP contribution in [0, 0.1) is 0 Å². The Morgan fingerprint density at radius 3 is 2.26 bits per heavy atom. The lowest BCUT2D eigenvalue weighted by Crippen LogP contribution is -1.94. The van der Waals surface area contributed by atoms with E-state index in [4.69, 9.17) is 0 Å².